The van der Waals surface area contributed by atoms with Gasteiger partial charge in [-0.15, -0.1) is 9.94 Å². The van der Waals surface area contributed by atoms with E-state index in [1.165, 1.54) is 10.4 Å². The van der Waals surface area contributed by atoms with E-state index in [1.807, 2.05) is 6.07 Å². The fraction of sp³-hybridized carbons (Fsp3) is 0.370. The third kappa shape index (κ3) is 6.02. The highest BCUT2D eigenvalue weighted by Gasteiger charge is 2.25. The molecule has 1 aromatic heterocycles. The maximum absolute atomic E-state index is 6.15. The van der Waals surface area contributed by atoms with Crippen LogP contribution in [0.3, 0.4) is 0 Å². The fourth-order valence-corrected chi connectivity index (χ4v) is 4.19. The average Bonchev–Trinajstić information content (AvgIpc) is 3.38. The first-order valence-corrected chi connectivity index (χ1v) is 11.7. The highest BCUT2D eigenvalue weighted by Crippen LogP contribution is 2.31. The summed E-state index contributed by atoms with van der Waals surface area (Å²) in [5, 5.41) is 4.09. The first-order chi connectivity index (χ1) is 16.3. The molecule has 0 saturated carbocycles. The molecule has 33 heavy (non-hydrogen) atoms. The summed E-state index contributed by atoms with van der Waals surface area (Å²) in [6.45, 7) is 4.63. The van der Waals surface area contributed by atoms with Gasteiger partial charge in [0.05, 0.1) is 31.7 Å². The number of hydrogen-bond donors (Lipinski definition) is 0. The molecule has 3 aromatic rings. The van der Waals surface area contributed by atoms with Crippen molar-refractivity contribution >= 4 is 0 Å². The Morgan fingerprint density at radius 1 is 0.939 bits per heavy atom. The minimum absolute atomic E-state index is 0.0281. The van der Waals surface area contributed by atoms with Gasteiger partial charge in [0.1, 0.15) is 0 Å². The first-order valence-electron chi connectivity index (χ1n) is 11.7. The van der Waals surface area contributed by atoms with Crippen molar-refractivity contribution in [2.24, 2.45) is 0 Å². The summed E-state index contributed by atoms with van der Waals surface area (Å²) >= 11 is 0. The van der Waals surface area contributed by atoms with Crippen molar-refractivity contribution in [2.75, 3.05) is 26.3 Å². The van der Waals surface area contributed by atoms with E-state index < -0.39 is 0 Å². The molecule has 170 valence electrons. The minimum atomic E-state index is -0.283. The summed E-state index contributed by atoms with van der Waals surface area (Å²) in [5.41, 5.74) is 4.49. The first kappa shape index (κ1) is 21.7. The predicted molar refractivity (Wildman–Crippen MR) is 125 cm³/mol. The fourth-order valence-electron chi connectivity index (χ4n) is 4.19. The molecule has 2 aromatic carbocycles. The second-order valence-corrected chi connectivity index (χ2v) is 8.46. The van der Waals surface area contributed by atoms with Crippen molar-refractivity contribution in [1.29, 1.82) is 0 Å². The Kier molecular flexibility index (Phi) is 7.02. The molecule has 0 bridgehead atoms. The molecule has 2 aliphatic heterocycles. The zero-order valence-electron chi connectivity index (χ0n) is 18.7. The van der Waals surface area contributed by atoms with E-state index in [-0.39, 0.29) is 12.4 Å². The van der Waals surface area contributed by atoms with Gasteiger partial charge in [-0.2, -0.15) is 0 Å². The number of nitrogens with zero attached hydrogens (tertiary/aromatic N) is 3. The van der Waals surface area contributed by atoms with Crippen LogP contribution in [0.2, 0.25) is 0 Å². The van der Waals surface area contributed by atoms with Crippen LogP contribution in [0.15, 0.2) is 67.0 Å². The molecule has 2 atom stereocenters. The Bertz CT molecular complexity index is 1060. The molecule has 0 N–H and O–H groups in total. The lowest BCUT2D eigenvalue weighted by Gasteiger charge is -2.29. The zero-order chi connectivity index (χ0) is 22.3. The average molecular weight is 444 g/mol. The summed E-state index contributed by atoms with van der Waals surface area (Å²) in [6, 6.07) is 18.7. The Hall–Kier alpha value is -3.11. The van der Waals surface area contributed by atoms with Gasteiger partial charge in [-0.25, -0.2) is 0 Å². The van der Waals surface area contributed by atoms with Crippen LogP contribution in [-0.2, 0) is 16.0 Å². The van der Waals surface area contributed by atoms with Crippen LogP contribution in [0.4, 0.5) is 0 Å². The molecule has 3 heterocycles. The molecule has 0 aliphatic carbocycles. The number of benzene rings is 2. The van der Waals surface area contributed by atoms with Gasteiger partial charge in [0.2, 0.25) is 6.29 Å². The van der Waals surface area contributed by atoms with Gasteiger partial charge in [0.25, 0.3) is 0 Å². The molecule has 0 spiro atoms. The molecule has 5 rings (SSSR count). The Labute approximate surface area is 195 Å². The third-order valence-electron chi connectivity index (χ3n) is 6.03. The largest absolute Gasteiger partial charge is 0.379 e. The smallest absolute Gasteiger partial charge is 0.227 e. The van der Waals surface area contributed by atoms with Crippen LogP contribution >= 0.6 is 0 Å². The summed E-state index contributed by atoms with van der Waals surface area (Å²) in [6.07, 6.45) is 6.12. The lowest BCUT2D eigenvalue weighted by atomic mass is 10.00. The third-order valence-corrected chi connectivity index (χ3v) is 6.03. The van der Waals surface area contributed by atoms with Crippen LogP contribution in [0.1, 0.15) is 47.6 Å². The standard InChI is InChI=1S/C27H29N3O3/c1-3-26(32-27(4-1)33-30-16-2-15-28-30)25-13-11-23(12-14-25)6-5-22-7-9-24(10-8-22)21-29-17-19-31-20-18-29/h2,7-16,26-27H,1,3-4,17-21H2. The van der Waals surface area contributed by atoms with Crippen LogP contribution in [0.5, 0.6) is 0 Å². The topological polar surface area (TPSA) is 48.8 Å². The van der Waals surface area contributed by atoms with Crippen LogP contribution in [0, 0.1) is 11.8 Å². The highest BCUT2D eigenvalue weighted by molar-refractivity contribution is 5.44. The van der Waals surface area contributed by atoms with Crippen LogP contribution in [0.25, 0.3) is 0 Å². The number of rotatable bonds is 5. The highest BCUT2D eigenvalue weighted by atomic mass is 16.8. The molecule has 2 unspecified atom stereocenters. The van der Waals surface area contributed by atoms with Crippen LogP contribution < -0.4 is 4.84 Å². The van der Waals surface area contributed by atoms with E-state index in [0.29, 0.717) is 0 Å². The second-order valence-electron chi connectivity index (χ2n) is 8.46. The predicted octanol–water partition coefficient (Wildman–Crippen LogP) is 3.81. The maximum Gasteiger partial charge on any atom is 0.227 e. The molecule has 2 saturated heterocycles. The van der Waals surface area contributed by atoms with E-state index in [4.69, 9.17) is 14.3 Å². The lowest BCUT2D eigenvalue weighted by Crippen LogP contribution is -2.35. The number of morpholine rings is 1. The number of aromatic nitrogens is 2. The van der Waals surface area contributed by atoms with E-state index in [2.05, 4.69) is 70.4 Å². The van der Waals surface area contributed by atoms with Gasteiger partial charge in [0.15, 0.2) is 0 Å². The SMILES string of the molecule is C(#Cc1ccc(C2CCCC(On3cccn3)O2)cc1)c1ccc(CN2CCOCC2)cc1. The molecule has 6 heteroatoms. The summed E-state index contributed by atoms with van der Waals surface area (Å²) in [5.74, 6) is 6.55. The molecule has 6 nitrogen and oxygen atoms in total. The summed E-state index contributed by atoms with van der Waals surface area (Å²) in [4.78, 5) is 9.65. The van der Waals surface area contributed by atoms with E-state index in [0.717, 1.165) is 68.8 Å². The zero-order valence-corrected chi connectivity index (χ0v) is 18.7. The Morgan fingerprint density at radius 3 is 2.36 bits per heavy atom. The molecule has 2 fully saturated rings. The van der Waals surface area contributed by atoms with Gasteiger partial charge < -0.3 is 14.3 Å². The molecule has 0 amide bonds. The van der Waals surface area contributed by atoms with Gasteiger partial charge in [-0.05, 0) is 54.3 Å². The normalized spacial score (nSPS) is 21.2. The maximum atomic E-state index is 6.15. The van der Waals surface area contributed by atoms with Crippen LogP contribution in [-0.4, -0.2) is 47.4 Å². The minimum Gasteiger partial charge on any atom is -0.379 e. The van der Waals surface area contributed by atoms with Crippen molar-refractivity contribution in [3.63, 3.8) is 0 Å². The van der Waals surface area contributed by atoms with Gasteiger partial charge >= 0.3 is 0 Å². The van der Waals surface area contributed by atoms with Crippen molar-refractivity contribution in [2.45, 2.75) is 38.2 Å². The van der Waals surface area contributed by atoms with Gasteiger partial charge in [-0.3, -0.25) is 4.90 Å². The van der Waals surface area contributed by atoms with Gasteiger partial charge in [-0.1, -0.05) is 36.1 Å². The lowest BCUT2D eigenvalue weighted by molar-refractivity contribution is -0.203. The molecule has 2 aliphatic rings. The molecule has 0 radical (unpaired) electrons. The quantitative estimate of drug-likeness (QED) is 0.562. The molecular weight excluding hydrogens is 414 g/mol. The second kappa shape index (κ2) is 10.7. The van der Waals surface area contributed by atoms with Crippen molar-refractivity contribution in [1.82, 2.24) is 14.8 Å². The van der Waals surface area contributed by atoms with Crippen molar-refractivity contribution in [3.8, 4) is 11.8 Å². The summed E-state index contributed by atoms with van der Waals surface area (Å²) in [7, 11) is 0. The Balaban J connectivity index is 1.16. The van der Waals surface area contributed by atoms with Crippen molar-refractivity contribution in [3.05, 3.63) is 89.2 Å². The summed E-state index contributed by atoms with van der Waals surface area (Å²) < 4.78 is 11.6. The van der Waals surface area contributed by atoms with Gasteiger partial charge in [0, 0.05) is 37.2 Å². The van der Waals surface area contributed by atoms with Crippen molar-refractivity contribution < 1.29 is 14.3 Å². The monoisotopic (exact) mass is 443 g/mol. The number of hydrogen-bond acceptors (Lipinski definition) is 5. The van der Waals surface area contributed by atoms with E-state index >= 15 is 0 Å². The Morgan fingerprint density at radius 2 is 1.67 bits per heavy atom. The van der Waals surface area contributed by atoms with E-state index in [9.17, 15) is 0 Å². The van der Waals surface area contributed by atoms with E-state index in [1.54, 1.807) is 12.4 Å². The molecular formula is C27H29N3O3. The number of ether oxygens (including phenoxy) is 2.